The van der Waals surface area contributed by atoms with Gasteiger partial charge in [0, 0.05) is 11.6 Å². The largest absolute Gasteiger partial charge is 0.495 e. The zero-order valence-corrected chi connectivity index (χ0v) is 14.5. The molecule has 0 saturated carbocycles. The minimum atomic E-state index is -3.83. The summed E-state index contributed by atoms with van der Waals surface area (Å²) in [5, 5.41) is 0.432. The molecule has 8 heteroatoms. The Labute approximate surface area is 144 Å². The molecule has 0 aromatic heterocycles. The number of rotatable bonds is 5. The second-order valence-electron chi connectivity index (χ2n) is 4.31. The highest BCUT2D eigenvalue weighted by Gasteiger charge is 2.21. The molecule has 0 aliphatic rings. The van der Waals surface area contributed by atoms with Crippen LogP contribution in [0.3, 0.4) is 0 Å². The monoisotopic (exact) mass is 379 g/mol. The van der Waals surface area contributed by atoms with Gasteiger partial charge in [-0.1, -0.05) is 53.0 Å². The van der Waals surface area contributed by atoms with E-state index in [-0.39, 0.29) is 21.5 Å². The number of hydrogen-bond acceptors (Lipinski definition) is 3. The van der Waals surface area contributed by atoms with Gasteiger partial charge in [0.15, 0.2) is 0 Å². The number of hydrogen-bond donors (Lipinski definition) is 1. The van der Waals surface area contributed by atoms with E-state index in [0.717, 1.165) is 0 Å². The first-order valence-electron chi connectivity index (χ1n) is 6.12. The lowest BCUT2D eigenvalue weighted by atomic mass is 10.2. The van der Waals surface area contributed by atoms with Gasteiger partial charge in [0.25, 0.3) is 0 Å². The third-order valence-corrected chi connectivity index (χ3v) is 5.72. The van der Waals surface area contributed by atoms with Crippen LogP contribution in [0.25, 0.3) is 0 Å². The number of nitrogens with one attached hydrogen (secondary N) is 1. The van der Waals surface area contributed by atoms with E-state index in [1.165, 1.54) is 19.2 Å². The smallest absolute Gasteiger partial charge is 0.242 e. The van der Waals surface area contributed by atoms with Gasteiger partial charge >= 0.3 is 0 Å². The molecule has 4 nitrogen and oxygen atoms in total. The molecule has 0 fully saturated rings. The summed E-state index contributed by atoms with van der Waals surface area (Å²) in [5.74, 6) is 0.303. The summed E-state index contributed by atoms with van der Waals surface area (Å²) in [4.78, 5) is -0.118. The summed E-state index contributed by atoms with van der Waals surface area (Å²) in [6.45, 7) is 0.0436. The van der Waals surface area contributed by atoms with Gasteiger partial charge in [0.05, 0.1) is 12.1 Å². The summed E-state index contributed by atoms with van der Waals surface area (Å²) < 4.78 is 32.1. The highest BCUT2D eigenvalue weighted by atomic mass is 35.5. The number of benzene rings is 2. The predicted octanol–water partition coefficient (Wildman–Crippen LogP) is 4.13. The lowest BCUT2D eigenvalue weighted by Crippen LogP contribution is -2.23. The van der Waals surface area contributed by atoms with Crippen molar-refractivity contribution in [1.82, 2.24) is 4.72 Å². The van der Waals surface area contributed by atoms with E-state index in [1.807, 2.05) is 0 Å². The Morgan fingerprint density at radius 3 is 2.36 bits per heavy atom. The van der Waals surface area contributed by atoms with Crippen LogP contribution in [0.15, 0.2) is 41.3 Å². The lowest BCUT2D eigenvalue weighted by Gasteiger charge is -2.12. The molecule has 0 heterocycles. The van der Waals surface area contributed by atoms with Gasteiger partial charge in [-0.05, 0) is 23.8 Å². The second-order valence-corrected chi connectivity index (χ2v) is 7.21. The Balaban J connectivity index is 2.28. The molecule has 0 aliphatic heterocycles. The molecule has 22 heavy (non-hydrogen) atoms. The third-order valence-electron chi connectivity index (χ3n) is 2.93. The molecule has 0 spiro atoms. The number of sulfonamides is 1. The molecule has 0 atom stereocenters. The molecule has 0 radical (unpaired) electrons. The number of ether oxygens (including phenoxy) is 1. The molecule has 1 N–H and O–H groups in total. The average molecular weight is 381 g/mol. The van der Waals surface area contributed by atoms with E-state index < -0.39 is 10.0 Å². The van der Waals surface area contributed by atoms with Gasteiger partial charge in [-0.15, -0.1) is 0 Å². The van der Waals surface area contributed by atoms with Gasteiger partial charge in [0.2, 0.25) is 10.0 Å². The minimum Gasteiger partial charge on any atom is -0.495 e. The maximum absolute atomic E-state index is 12.4. The summed E-state index contributed by atoms with van der Waals surface area (Å²) in [5.41, 5.74) is 0.656. The Morgan fingerprint density at radius 1 is 1.05 bits per heavy atom. The van der Waals surface area contributed by atoms with Crippen LogP contribution in [0.4, 0.5) is 0 Å². The molecule has 0 aliphatic carbocycles. The van der Waals surface area contributed by atoms with Gasteiger partial charge in [-0.25, -0.2) is 13.1 Å². The Morgan fingerprint density at radius 2 is 1.73 bits per heavy atom. The van der Waals surface area contributed by atoms with Crippen LogP contribution in [-0.2, 0) is 16.6 Å². The van der Waals surface area contributed by atoms with Gasteiger partial charge in [-0.3, -0.25) is 0 Å². The molecular weight excluding hydrogens is 369 g/mol. The van der Waals surface area contributed by atoms with E-state index in [9.17, 15) is 8.42 Å². The van der Waals surface area contributed by atoms with Crippen LogP contribution >= 0.6 is 34.8 Å². The summed E-state index contributed by atoms with van der Waals surface area (Å²) in [6.07, 6.45) is 0. The van der Waals surface area contributed by atoms with E-state index in [2.05, 4.69) is 4.72 Å². The van der Waals surface area contributed by atoms with E-state index in [4.69, 9.17) is 39.5 Å². The van der Waals surface area contributed by atoms with Crippen molar-refractivity contribution in [1.29, 1.82) is 0 Å². The fourth-order valence-corrected chi connectivity index (χ4v) is 3.82. The molecule has 2 rings (SSSR count). The van der Waals surface area contributed by atoms with Crippen molar-refractivity contribution in [2.45, 2.75) is 11.4 Å². The average Bonchev–Trinajstić information content (AvgIpc) is 2.49. The van der Waals surface area contributed by atoms with Gasteiger partial charge in [-0.2, -0.15) is 0 Å². The van der Waals surface area contributed by atoms with Crippen LogP contribution in [-0.4, -0.2) is 15.5 Å². The van der Waals surface area contributed by atoms with Crippen molar-refractivity contribution in [2.75, 3.05) is 7.11 Å². The number of halogens is 3. The highest BCUT2D eigenvalue weighted by Crippen LogP contribution is 2.36. The minimum absolute atomic E-state index is 0.0436. The summed E-state index contributed by atoms with van der Waals surface area (Å²) in [7, 11) is -2.42. The van der Waals surface area contributed by atoms with Crippen LogP contribution in [0.5, 0.6) is 5.75 Å². The maximum Gasteiger partial charge on any atom is 0.242 e. The van der Waals surface area contributed by atoms with Crippen molar-refractivity contribution >= 4 is 44.8 Å². The Bertz CT molecular complexity index is 794. The molecule has 2 aromatic rings. The van der Waals surface area contributed by atoms with E-state index >= 15 is 0 Å². The molecular formula is C14H12Cl3NO3S. The van der Waals surface area contributed by atoms with Gasteiger partial charge < -0.3 is 4.74 Å². The van der Waals surface area contributed by atoms with Crippen molar-refractivity contribution in [2.24, 2.45) is 0 Å². The predicted molar refractivity (Wildman–Crippen MR) is 88.5 cm³/mol. The Hall–Kier alpha value is -0.980. The Kier molecular flexibility index (Phi) is 5.58. The fourth-order valence-electron chi connectivity index (χ4n) is 1.77. The first kappa shape index (κ1) is 17.4. The molecule has 0 amide bonds. The normalized spacial score (nSPS) is 11.5. The highest BCUT2D eigenvalue weighted by molar-refractivity contribution is 7.89. The quantitative estimate of drug-likeness (QED) is 0.848. The lowest BCUT2D eigenvalue weighted by molar-refractivity contribution is 0.414. The first-order chi connectivity index (χ1) is 10.4. The van der Waals surface area contributed by atoms with Crippen molar-refractivity contribution in [3.05, 3.63) is 57.0 Å². The second kappa shape index (κ2) is 7.06. The fraction of sp³-hybridized carbons (Fsp3) is 0.143. The maximum atomic E-state index is 12.4. The third kappa shape index (κ3) is 3.67. The van der Waals surface area contributed by atoms with Crippen LogP contribution in [0.1, 0.15) is 5.56 Å². The first-order valence-corrected chi connectivity index (χ1v) is 8.73. The van der Waals surface area contributed by atoms with Crippen molar-refractivity contribution in [3.63, 3.8) is 0 Å². The SMILES string of the molecule is COc1ccc(S(=O)(=O)NCc2ccccc2Cl)c(Cl)c1Cl. The van der Waals surface area contributed by atoms with E-state index in [1.54, 1.807) is 24.3 Å². The molecule has 0 saturated heterocycles. The van der Waals surface area contributed by atoms with Crippen LogP contribution in [0.2, 0.25) is 15.1 Å². The summed E-state index contributed by atoms with van der Waals surface area (Å²) >= 11 is 18.0. The standard InChI is InChI=1S/C14H12Cl3NO3S/c1-21-11-6-7-12(14(17)13(11)16)22(19,20)18-8-9-4-2-3-5-10(9)15/h2-7,18H,8H2,1H3. The van der Waals surface area contributed by atoms with Crippen LogP contribution < -0.4 is 9.46 Å². The zero-order chi connectivity index (χ0) is 16.3. The van der Waals surface area contributed by atoms with Crippen molar-refractivity contribution in [3.8, 4) is 5.75 Å². The van der Waals surface area contributed by atoms with Gasteiger partial charge in [0.1, 0.15) is 15.7 Å². The van der Waals surface area contributed by atoms with Crippen LogP contribution in [0, 0.1) is 0 Å². The number of methoxy groups -OCH3 is 1. The molecule has 118 valence electrons. The molecule has 2 aromatic carbocycles. The zero-order valence-electron chi connectivity index (χ0n) is 11.4. The van der Waals surface area contributed by atoms with Crippen molar-refractivity contribution < 1.29 is 13.2 Å². The van der Waals surface area contributed by atoms with E-state index in [0.29, 0.717) is 16.3 Å². The topological polar surface area (TPSA) is 55.4 Å². The molecule has 0 bridgehead atoms. The molecule has 0 unspecified atom stereocenters. The summed E-state index contributed by atoms with van der Waals surface area (Å²) in [6, 6.07) is 9.73.